The van der Waals surface area contributed by atoms with Crippen molar-refractivity contribution < 1.29 is 8.54 Å². The summed E-state index contributed by atoms with van der Waals surface area (Å²) in [7, 11) is -2.61. The first kappa shape index (κ1) is 26.0. The molecule has 4 heteroatoms. The second-order valence-corrected chi connectivity index (χ2v) is 10.4. The Morgan fingerprint density at radius 2 is 1.71 bits per heavy atom. The number of hydrogen-bond acceptors (Lipinski definition) is 2. The molecule has 2 unspecified atom stereocenters. The fourth-order valence-corrected chi connectivity index (χ4v) is 9.04. The van der Waals surface area contributed by atoms with E-state index >= 15 is 0 Å². The molecule has 2 atom stereocenters. The van der Waals surface area contributed by atoms with Crippen molar-refractivity contribution in [2.24, 2.45) is 0 Å². The fourth-order valence-electron chi connectivity index (χ4n) is 1.93. The molecule has 1 aliphatic rings. The molecule has 0 bridgehead atoms. The van der Waals surface area contributed by atoms with Gasteiger partial charge in [0.15, 0.2) is 9.04 Å². The van der Waals surface area contributed by atoms with Gasteiger partial charge in [-0.2, -0.15) is 0 Å². The topological polar surface area (TPSA) is 18.5 Å². The SMILES string of the molecule is C.C.C.C.CCC[Si]1(C)OCCCC[SiH](C)O1. The van der Waals surface area contributed by atoms with E-state index < -0.39 is 17.6 Å². The van der Waals surface area contributed by atoms with Crippen molar-refractivity contribution in [3.63, 3.8) is 0 Å². The van der Waals surface area contributed by atoms with Gasteiger partial charge in [0, 0.05) is 6.61 Å². The Balaban J connectivity index is -0.000000211. The molecular weight excluding hydrogens is 244 g/mol. The Bertz CT molecular complexity index is 156. The van der Waals surface area contributed by atoms with Crippen molar-refractivity contribution >= 4 is 17.6 Å². The minimum absolute atomic E-state index is 0. The zero-order chi connectivity index (χ0) is 9.73. The molecule has 1 aliphatic heterocycles. The standard InChI is InChI=1S/C9H22O2Si2.4CH4/c1-4-9-13(3)10-7-5-6-8-12(2)11-13;;;;/h12H,4-9H2,1-3H3;4*1H4. The normalized spacial score (nSPS) is 28.1. The molecule has 0 spiro atoms. The van der Waals surface area contributed by atoms with Crippen molar-refractivity contribution in [2.75, 3.05) is 6.61 Å². The lowest BCUT2D eigenvalue weighted by molar-refractivity contribution is 0.229. The van der Waals surface area contributed by atoms with E-state index in [4.69, 9.17) is 8.54 Å². The second-order valence-electron chi connectivity index (χ2n) is 4.16. The molecule has 1 rings (SSSR count). The molecule has 0 aromatic carbocycles. The summed E-state index contributed by atoms with van der Waals surface area (Å²) in [6.45, 7) is 7.71. The average molecular weight is 283 g/mol. The monoisotopic (exact) mass is 282 g/mol. The Morgan fingerprint density at radius 3 is 2.24 bits per heavy atom. The van der Waals surface area contributed by atoms with Crippen molar-refractivity contribution in [1.29, 1.82) is 0 Å². The molecular formula is C13H38O2Si2. The smallest absolute Gasteiger partial charge is 0.324 e. The Hall–Kier alpha value is 0.354. The summed E-state index contributed by atoms with van der Waals surface area (Å²) in [4.78, 5) is 0. The molecule has 2 nitrogen and oxygen atoms in total. The minimum atomic E-state index is -1.72. The van der Waals surface area contributed by atoms with Crippen LogP contribution in [0.25, 0.3) is 0 Å². The third-order valence-electron chi connectivity index (χ3n) is 2.57. The number of rotatable bonds is 2. The van der Waals surface area contributed by atoms with Crippen LogP contribution in [-0.2, 0) is 8.54 Å². The van der Waals surface area contributed by atoms with Gasteiger partial charge < -0.3 is 8.54 Å². The maximum absolute atomic E-state index is 6.17. The van der Waals surface area contributed by atoms with Gasteiger partial charge in [-0.3, -0.25) is 0 Å². The van der Waals surface area contributed by atoms with Crippen LogP contribution in [-0.4, -0.2) is 24.2 Å². The van der Waals surface area contributed by atoms with Gasteiger partial charge in [0.1, 0.15) is 0 Å². The van der Waals surface area contributed by atoms with Crippen LogP contribution in [0.15, 0.2) is 0 Å². The highest BCUT2D eigenvalue weighted by atomic mass is 28.4. The van der Waals surface area contributed by atoms with Gasteiger partial charge in [-0.15, -0.1) is 0 Å². The predicted molar refractivity (Wildman–Crippen MR) is 87.7 cm³/mol. The van der Waals surface area contributed by atoms with Gasteiger partial charge in [0.2, 0.25) is 0 Å². The van der Waals surface area contributed by atoms with E-state index in [9.17, 15) is 0 Å². The van der Waals surface area contributed by atoms with Crippen molar-refractivity contribution in [1.82, 2.24) is 0 Å². The highest BCUT2D eigenvalue weighted by Gasteiger charge is 2.33. The summed E-state index contributed by atoms with van der Waals surface area (Å²) in [5, 5.41) is 0. The van der Waals surface area contributed by atoms with Crippen LogP contribution in [0.1, 0.15) is 55.9 Å². The largest absolute Gasteiger partial charge is 0.439 e. The third kappa shape index (κ3) is 10.0. The van der Waals surface area contributed by atoms with E-state index in [1.807, 2.05) is 0 Å². The first-order valence-corrected chi connectivity index (χ1v) is 10.4. The van der Waals surface area contributed by atoms with Crippen LogP contribution in [0, 0.1) is 0 Å². The van der Waals surface area contributed by atoms with Crippen LogP contribution in [0.3, 0.4) is 0 Å². The lowest BCUT2D eigenvalue weighted by atomic mass is 10.4. The van der Waals surface area contributed by atoms with E-state index in [1.165, 1.54) is 31.4 Å². The lowest BCUT2D eigenvalue weighted by Crippen LogP contribution is -2.44. The molecule has 0 saturated carbocycles. The van der Waals surface area contributed by atoms with Crippen LogP contribution in [0.2, 0.25) is 25.2 Å². The molecule has 0 radical (unpaired) electrons. The van der Waals surface area contributed by atoms with Crippen LogP contribution in [0.4, 0.5) is 0 Å². The van der Waals surface area contributed by atoms with E-state index in [1.54, 1.807) is 0 Å². The molecule has 17 heavy (non-hydrogen) atoms. The first-order chi connectivity index (χ1) is 6.16. The van der Waals surface area contributed by atoms with Crippen molar-refractivity contribution in [3.8, 4) is 0 Å². The second kappa shape index (κ2) is 12.8. The summed E-state index contributed by atoms with van der Waals surface area (Å²) < 4.78 is 12.1. The molecule has 110 valence electrons. The highest BCUT2D eigenvalue weighted by molar-refractivity contribution is 6.74. The predicted octanol–water partition coefficient (Wildman–Crippen LogP) is 5.19. The van der Waals surface area contributed by atoms with Gasteiger partial charge in [0.05, 0.1) is 0 Å². The molecule has 0 N–H and O–H groups in total. The van der Waals surface area contributed by atoms with E-state index in [0.717, 1.165) is 6.61 Å². The quantitative estimate of drug-likeness (QED) is 0.649. The third-order valence-corrected chi connectivity index (χ3v) is 9.62. The van der Waals surface area contributed by atoms with Crippen molar-refractivity contribution in [2.45, 2.75) is 81.1 Å². The maximum atomic E-state index is 6.17. The summed E-state index contributed by atoms with van der Waals surface area (Å²) in [6.07, 6.45) is 3.75. The summed E-state index contributed by atoms with van der Waals surface area (Å²) >= 11 is 0. The highest BCUT2D eigenvalue weighted by Crippen LogP contribution is 2.21. The van der Waals surface area contributed by atoms with Crippen LogP contribution < -0.4 is 0 Å². The van der Waals surface area contributed by atoms with Crippen molar-refractivity contribution in [3.05, 3.63) is 0 Å². The lowest BCUT2D eigenvalue weighted by Gasteiger charge is -2.32. The Morgan fingerprint density at radius 1 is 1.12 bits per heavy atom. The average Bonchev–Trinajstić information content (AvgIpc) is 2.01. The summed E-state index contributed by atoms with van der Waals surface area (Å²) in [5.41, 5.74) is 0. The zero-order valence-corrected chi connectivity index (χ0v) is 11.3. The van der Waals surface area contributed by atoms with E-state index in [2.05, 4.69) is 20.0 Å². The van der Waals surface area contributed by atoms with E-state index in [0.29, 0.717) is 0 Å². The molecule has 1 fully saturated rings. The van der Waals surface area contributed by atoms with Gasteiger partial charge in [-0.1, -0.05) is 49.5 Å². The molecule has 0 aliphatic carbocycles. The van der Waals surface area contributed by atoms with E-state index in [-0.39, 0.29) is 29.7 Å². The first-order valence-electron chi connectivity index (χ1n) is 5.48. The van der Waals surface area contributed by atoms with Gasteiger partial charge in [-0.25, -0.2) is 0 Å². The van der Waals surface area contributed by atoms with Gasteiger partial charge in [-0.05, 0) is 31.6 Å². The minimum Gasteiger partial charge on any atom is -0.439 e. The van der Waals surface area contributed by atoms with Gasteiger partial charge >= 0.3 is 8.56 Å². The zero-order valence-electron chi connectivity index (χ0n) is 9.14. The Kier molecular flexibility index (Phi) is 19.6. The fraction of sp³-hybridized carbons (Fsp3) is 1.00. The summed E-state index contributed by atoms with van der Waals surface area (Å²) in [5.74, 6) is 0. The Labute approximate surface area is 114 Å². The number of hydrogen-bond donors (Lipinski definition) is 0. The van der Waals surface area contributed by atoms with Gasteiger partial charge in [0.25, 0.3) is 0 Å². The molecule has 1 saturated heterocycles. The van der Waals surface area contributed by atoms with Crippen LogP contribution >= 0.6 is 0 Å². The van der Waals surface area contributed by atoms with Crippen LogP contribution in [0.5, 0.6) is 0 Å². The molecule has 0 amide bonds. The molecule has 1 heterocycles. The molecule has 0 aromatic rings. The molecule has 0 aromatic heterocycles. The summed E-state index contributed by atoms with van der Waals surface area (Å²) in [6, 6.07) is 2.51. The maximum Gasteiger partial charge on any atom is 0.324 e.